The Morgan fingerprint density at radius 1 is 1.50 bits per heavy atom. The van der Waals surface area contributed by atoms with Crippen LogP contribution in [-0.4, -0.2) is 17.5 Å². The van der Waals surface area contributed by atoms with E-state index in [1.807, 2.05) is 12.1 Å². The van der Waals surface area contributed by atoms with E-state index >= 15 is 0 Å². The van der Waals surface area contributed by atoms with Crippen molar-refractivity contribution in [2.75, 3.05) is 11.9 Å². The molecule has 94 valence electrons. The van der Waals surface area contributed by atoms with Gasteiger partial charge in [-0.3, -0.25) is 4.79 Å². The smallest absolute Gasteiger partial charge is 0.268 e. The lowest BCUT2D eigenvalue weighted by atomic mass is 10.3. The Hall–Kier alpha value is -1.98. The van der Waals surface area contributed by atoms with Crippen molar-refractivity contribution in [2.45, 2.75) is 0 Å². The van der Waals surface area contributed by atoms with Gasteiger partial charge >= 0.3 is 0 Å². The van der Waals surface area contributed by atoms with Crippen LogP contribution >= 0.6 is 11.6 Å². The first kappa shape index (κ1) is 12.5. The maximum Gasteiger partial charge on any atom is 0.268 e. The Labute approximate surface area is 110 Å². The normalized spacial score (nSPS) is 15.2. The zero-order valence-corrected chi connectivity index (χ0v) is 10.4. The number of nitrogens with zero attached hydrogens (tertiary/aromatic N) is 1. The van der Waals surface area contributed by atoms with E-state index in [1.54, 1.807) is 12.1 Å². The number of hydrazine groups is 1. The molecule has 6 heteroatoms. The van der Waals surface area contributed by atoms with Crippen LogP contribution in [0, 0.1) is 0 Å². The van der Waals surface area contributed by atoms with Gasteiger partial charge in [-0.2, -0.15) is 0 Å². The van der Waals surface area contributed by atoms with Crippen LogP contribution in [0.2, 0.25) is 5.02 Å². The van der Waals surface area contributed by atoms with Gasteiger partial charge in [0.1, 0.15) is 5.82 Å². The van der Waals surface area contributed by atoms with Crippen molar-refractivity contribution < 1.29 is 4.79 Å². The number of hydrogen-bond acceptors (Lipinski definition) is 4. The highest BCUT2D eigenvalue weighted by atomic mass is 35.5. The molecule has 0 bridgehead atoms. The molecular weight excluding hydrogens is 252 g/mol. The minimum absolute atomic E-state index is 0.304. The predicted octanol–water partition coefficient (Wildman–Crippen LogP) is 1.41. The molecule has 1 amide bonds. The molecule has 1 aromatic rings. The molecule has 1 heterocycles. The van der Waals surface area contributed by atoms with Gasteiger partial charge in [-0.15, -0.1) is 0 Å². The van der Waals surface area contributed by atoms with Crippen LogP contribution in [0.3, 0.4) is 0 Å². The van der Waals surface area contributed by atoms with Crippen molar-refractivity contribution in [3.05, 3.63) is 53.5 Å². The Bertz CT molecular complexity index is 527. The summed E-state index contributed by atoms with van der Waals surface area (Å²) < 4.78 is 0. The zero-order valence-electron chi connectivity index (χ0n) is 9.61. The molecule has 0 saturated carbocycles. The van der Waals surface area contributed by atoms with Gasteiger partial charge in [0.15, 0.2) is 0 Å². The Morgan fingerprint density at radius 2 is 2.28 bits per heavy atom. The van der Waals surface area contributed by atoms with Gasteiger partial charge < -0.3 is 10.6 Å². The molecule has 0 aromatic heterocycles. The molecule has 0 atom stereocenters. The van der Waals surface area contributed by atoms with E-state index in [4.69, 9.17) is 17.4 Å². The number of carbonyl (C=O) groups excluding carboxylic acids is 1. The number of anilines is 1. The fourth-order valence-electron chi connectivity index (χ4n) is 1.52. The number of hydrogen-bond donors (Lipinski definition) is 3. The summed E-state index contributed by atoms with van der Waals surface area (Å²) in [6.45, 7) is 4.10. The lowest BCUT2D eigenvalue weighted by Crippen LogP contribution is -2.45. The minimum Gasteiger partial charge on any atom is -0.379 e. The summed E-state index contributed by atoms with van der Waals surface area (Å²) in [5, 5.41) is 7.69. The van der Waals surface area contributed by atoms with E-state index in [2.05, 4.69) is 17.2 Å². The first-order valence-corrected chi connectivity index (χ1v) is 5.69. The average molecular weight is 265 g/mol. The Kier molecular flexibility index (Phi) is 3.55. The van der Waals surface area contributed by atoms with Crippen LogP contribution in [0.5, 0.6) is 0 Å². The molecule has 0 unspecified atom stereocenters. The molecule has 0 aliphatic carbocycles. The van der Waals surface area contributed by atoms with Crippen molar-refractivity contribution in [1.29, 1.82) is 0 Å². The van der Waals surface area contributed by atoms with Gasteiger partial charge in [0, 0.05) is 22.5 Å². The zero-order chi connectivity index (χ0) is 13.1. The average Bonchev–Trinajstić information content (AvgIpc) is 2.33. The third-order valence-corrected chi connectivity index (χ3v) is 2.67. The summed E-state index contributed by atoms with van der Waals surface area (Å²) in [7, 11) is 0. The highest BCUT2D eigenvalue weighted by molar-refractivity contribution is 6.30. The molecule has 0 radical (unpaired) electrons. The number of halogens is 1. The van der Waals surface area contributed by atoms with Crippen LogP contribution in [-0.2, 0) is 4.79 Å². The summed E-state index contributed by atoms with van der Waals surface area (Å²) in [5.74, 6) is 5.50. The summed E-state index contributed by atoms with van der Waals surface area (Å²) in [4.78, 5) is 11.5. The van der Waals surface area contributed by atoms with Gasteiger partial charge in [0.2, 0.25) is 0 Å². The molecule has 0 fully saturated rings. The number of rotatable bonds is 3. The third-order valence-electron chi connectivity index (χ3n) is 2.44. The largest absolute Gasteiger partial charge is 0.379 e. The quantitative estimate of drug-likeness (QED) is 0.570. The highest BCUT2D eigenvalue weighted by Gasteiger charge is 2.18. The van der Waals surface area contributed by atoms with E-state index in [9.17, 15) is 4.79 Å². The third kappa shape index (κ3) is 2.82. The minimum atomic E-state index is -0.304. The Balaban J connectivity index is 2.01. The first-order valence-electron chi connectivity index (χ1n) is 5.31. The fourth-order valence-corrected chi connectivity index (χ4v) is 1.71. The number of amides is 1. The van der Waals surface area contributed by atoms with Gasteiger partial charge in [-0.1, -0.05) is 24.2 Å². The molecule has 1 aliphatic rings. The monoisotopic (exact) mass is 264 g/mol. The Morgan fingerprint density at radius 3 is 2.94 bits per heavy atom. The predicted molar refractivity (Wildman–Crippen MR) is 71.3 cm³/mol. The summed E-state index contributed by atoms with van der Waals surface area (Å²) in [6.07, 6.45) is 1.42. The molecule has 0 spiro atoms. The van der Waals surface area contributed by atoms with Crippen LogP contribution in [0.25, 0.3) is 0 Å². The second-order valence-electron chi connectivity index (χ2n) is 3.81. The molecule has 1 aromatic carbocycles. The lowest BCUT2D eigenvalue weighted by molar-refractivity contribution is -0.125. The topological polar surface area (TPSA) is 70.4 Å². The SMILES string of the molecule is C=C1NC(CNc2cccc(Cl)c2)=CC(=O)N1N. The summed E-state index contributed by atoms with van der Waals surface area (Å²) in [6, 6.07) is 7.33. The first-order chi connectivity index (χ1) is 8.56. The lowest BCUT2D eigenvalue weighted by Gasteiger charge is -2.25. The van der Waals surface area contributed by atoms with Crippen LogP contribution in [0.15, 0.2) is 48.4 Å². The second kappa shape index (κ2) is 5.12. The molecule has 2 rings (SSSR count). The van der Waals surface area contributed by atoms with Gasteiger partial charge in [0.05, 0.1) is 6.54 Å². The van der Waals surface area contributed by atoms with E-state index < -0.39 is 0 Å². The molecule has 5 nitrogen and oxygen atoms in total. The van der Waals surface area contributed by atoms with E-state index in [-0.39, 0.29) is 5.91 Å². The van der Waals surface area contributed by atoms with E-state index in [0.717, 1.165) is 10.7 Å². The van der Waals surface area contributed by atoms with Gasteiger partial charge in [-0.05, 0) is 18.2 Å². The van der Waals surface area contributed by atoms with Crippen LogP contribution in [0.4, 0.5) is 5.69 Å². The van der Waals surface area contributed by atoms with Crippen LogP contribution < -0.4 is 16.5 Å². The highest BCUT2D eigenvalue weighted by Crippen LogP contribution is 2.15. The van der Waals surface area contributed by atoms with Crippen molar-refractivity contribution >= 4 is 23.2 Å². The number of nitrogens with one attached hydrogen (secondary N) is 2. The van der Waals surface area contributed by atoms with E-state index in [1.165, 1.54) is 6.08 Å². The number of carbonyl (C=O) groups is 1. The molecule has 0 saturated heterocycles. The van der Waals surface area contributed by atoms with Gasteiger partial charge in [0.25, 0.3) is 5.91 Å². The molecule has 4 N–H and O–H groups in total. The van der Waals surface area contributed by atoms with Gasteiger partial charge in [-0.25, -0.2) is 10.9 Å². The summed E-state index contributed by atoms with van der Waals surface area (Å²) >= 11 is 5.87. The summed E-state index contributed by atoms with van der Waals surface area (Å²) in [5.41, 5.74) is 1.57. The maximum atomic E-state index is 11.5. The van der Waals surface area contributed by atoms with E-state index in [0.29, 0.717) is 23.1 Å². The molecule has 18 heavy (non-hydrogen) atoms. The van der Waals surface area contributed by atoms with Crippen molar-refractivity contribution in [3.63, 3.8) is 0 Å². The van der Waals surface area contributed by atoms with Crippen molar-refractivity contribution in [2.24, 2.45) is 5.84 Å². The fraction of sp³-hybridized carbons (Fsp3) is 0.0833. The van der Waals surface area contributed by atoms with Crippen LogP contribution in [0.1, 0.15) is 0 Å². The maximum absolute atomic E-state index is 11.5. The molecule has 1 aliphatic heterocycles. The van der Waals surface area contributed by atoms with Crippen molar-refractivity contribution in [3.8, 4) is 0 Å². The van der Waals surface area contributed by atoms with Crippen molar-refractivity contribution in [1.82, 2.24) is 10.3 Å². The number of benzene rings is 1. The standard InChI is InChI=1S/C12H13ClN4O/c1-8-16-11(6-12(18)17(8)14)7-15-10-4-2-3-9(13)5-10/h2-6,15-16H,1,7,14H2. The second-order valence-corrected chi connectivity index (χ2v) is 4.25. The molecular formula is C12H13ClN4O. The number of nitrogens with two attached hydrogens (primary N) is 1.